The van der Waals surface area contributed by atoms with Crippen molar-refractivity contribution < 1.29 is 29.7 Å². The third-order valence-electron chi connectivity index (χ3n) is 2.66. The molecule has 0 saturated carbocycles. The van der Waals surface area contributed by atoms with Gasteiger partial charge in [0.1, 0.15) is 6.04 Å². The highest BCUT2D eigenvalue weighted by Gasteiger charge is 2.40. The number of aliphatic carboxylic acids is 2. The predicted octanol–water partition coefficient (Wildman–Crippen LogP) is 0.315. The number of rotatable bonds is 10. The van der Waals surface area contributed by atoms with Gasteiger partial charge in [-0.3, -0.25) is 4.79 Å². The predicted molar refractivity (Wildman–Crippen MR) is 74.7 cm³/mol. The molecule has 0 fully saturated rings. The molecule has 0 aliphatic carbocycles. The van der Waals surface area contributed by atoms with E-state index < -0.39 is 29.5 Å². The monoisotopic (exact) mass is 307 g/mol. The summed E-state index contributed by atoms with van der Waals surface area (Å²) in [5.41, 5.74) is -2.64. The van der Waals surface area contributed by atoms with Gasteiger partial charge in [-0.1, -0.05) is 13.3 Å². The number of nitrogens with one attached hydrogen (secondary N) is 1. The summed E-state index contributed by atoms with van der Waals surface area (Å²) >= 11 is 1.57. The molecule has 0 aliphatic rings. The highest BCUT2D eigenvalue weighted by molar-refractivity contribution is 7.99. The molecule has 8 heteroatoms. The van der Waals surface area contributed by atoms with E-state index in [1.807, 2.05) is 5.32 Å². The van der Waals surface area contributed by atoms with Crippen molar-refractivity contribution in [2.24, 2.45) is 0 Å². The number of carboxylic acids is 2. The van der Waals surface area contributed by atoms with Gasteiger partial charge in [0.25, 0.3) is 5.91 Å². The Balaban J connectivity index is 4.38. The van der Waals surface area contributed by atoms with Crippen LogP contribution in [0.2, 0.25) is 0 Å². The molecule has 0 bridgehead atoms. The van der Waals surface area contributed by atoms with Crippen molar-refractivity contribution in [2.75, 3.05) is 11.5 Å². The van der Waals surface area contributed by atoms with Crippen LogP contribution in [-0.2, 0) is 14.4 Å². The normalized spacial score (nSPS) is 15.2. The van der Waals surface area contributed by atoms with Crippen molar-refractivity contribution in [1.29, 1.82) is 0 Å². The summed E-state index contributed by atoms with van der Waals surface area (Å²) in [4.78, 5) is 33.2. The SMILES string of the molecule is CCCCSCCC(NC(=O)C(C)(O)C(=O)O)C(=O)O. The molecule has 116 valence electrons. The molecule has 0 aliphatic heterocycles. The average molecular weight is 307 g/mol. The summed E-state index contributed by atoms with van der Waals surface area (Å²) in [5.74, 6) is -2.76. The minimum atomic E-state index is -2.64. The fourth-order valence-corrected chi connectivity index (χ4v) is 2.30. The highest BCUT2D eigenvalue weighted by atomic mass is 32.2. The largest absolute Gasteiger partial charge is 0.480 e. The Bertz CT molecular complexity index is 358. The zero-order valence-corrected chi connectivity index (χ0v) is 12.4. The van der Waals surface area contributed by atoms with Crippen LogP contribution < -0.4 is 5.32 Å². The lowest BCUT2D eigenvalue weighted by Crippen LogP contribution is -2.54. The van der Waals surface area contributed by atoms with Gasteiger partial charge in [-0.25, -0.2) is 9.59 Å². The second-order valence-electron chi connectivity index (χ2n) is 4.50. The third-order valence-corrected chi connectivity index (χ3v) is 3.76. The van der Waals surface area contributed by atoms with Gasteiger partial charge >= 0.3 is 11.9 Å². The van der Waals surface area contributed by atoms with Crippen LogP contribution in [0.1, 0.15) is 33.1 Å². The molecular formula is C12H21NO6S. The Morgan fingerprint density at radius 1 is 1.25 bits per heavy atom. The summed E-state index contributed by atoms with van der Waals surface area (Å²) in [6.07, 6.45) is 2.25. The Morgan fingerprint density at radius 3 is 2.30 bits per heavy atom. The van der Waals surface area contributed by atoms with Crippen molar-refractivity contribution >= 4 is 29.6 Å². The number of aliphatic hydroxyl groups is 1. The molecule has 0 saturated heterocycles. The van der Waals surface area contributed by atoms with E-state index in [0.29, 0.717) is 5.75 Å². The van der Waals surface area contributed by atoms with Crippen molar-refractivity contribution in [3.8, 4) is 0 Å². The van der Waals surface area contributed by atoms with E-state index in [-0.39, 0.29) is 6.42 Å². The van der Waals surface area contributed by atoms with E-state index in [4.69, 9.17) is 10.2 Å². The van der Waals surface area contributed by atoms with Gasteiger partial charge in [0.05, 0.1) is 0 Å². The van der Waals surface area contributed by atoms with Crippen LogP contribution in [0, 0.1) is 0 Å². The minimum absolute atomic E-state index is 0.172. The van der Waals surface area contributed by atoms with Gasteiger partial charge in [-0.15, -0.1) is 0 Å². The molecule has 0 aromatic carbocycles. The van der Waals surface area contributed by atoms with Crippen molar-refractivity contribution in [2.45, 2.75) is 44.8 Å². The number of carbonyl (C=O) groups excluding carboxylic acids is 1. The van der Waals surface area contributed by atoms with E-state index in [0.717, 1.165) is 25.5 Å². The number of carbonyl (C=O) groups is 3. The summed E-state index contributed by atoms with van der Waals surface area (Å²) in [5, 5.41) is 29.1. The van der Waals surface area contributed by atoms with Crippen LogP contribution in [0.4, 0.5) is 0 Å². The molecule has 20 heavy (non-hydrogen) atoms. The molecule has 2 atom stereocenters. The molecule has 0 heterocycles. The molecule has 0 rings (SSSR count). The summed E-state index contributed by atoms with van der Waals surface area (Å²) in [6.45, 7) is 2.86. The van der Waals surface area contributed by atoms with Gasteiger partial charge in [-0.2, -0.15) is 11.8 Å². The van der Waals surface area contributed by atoms with E-state index in [9.17, 15) is 19.5 Å². The summed E-state index contributed by atoms with van der Waals surface area (Å²) in [6, 6.07) is -1.21. The lowest BCUT2D eigenvalue weighted by molar-refractivity contribution is -0.165. The number of amides is 1. The van der Waals surface area contributed by atoms with Gasteiger partial charge < -0.3 is 20.6 Å². The molecule has 1 amide bonds. The van der Waals surface area contributed by atoms with E-state index in [1.165, 1.54) is 0 Å². The second-order valence-corrected chi connectivity index (χ2v) is 5.72. The lowest BCUT2D eigenvalue weighted by Gasteiger charge is -2.21. The average Bonchev–Trinajstić information content (AvgIpc) is 2.36. The molecule has 0 aromatic heterocycles. The Kier molecular flexibility index (Phi) is 8.24. The number of carboxylic acid groups (broad SMARTS) is 2. The van der Waals surface area contributed by atoms with Gasteiger partial charge in [0.15, 0.2) is 0 Å². The topological polar surface area (TPSA) is 124 Å². The first-order valence-corrected chi connectivity index (χ1v) is 7.46. The Morgan fingerprint density at radius 2 is 1.85 bits per heavy atom. The molecule has 4 N–H and O–H groups in total. The van der Waals surface area contributed by atoms with Crippen LogP contribution >= 0.6 is 11.8 Å². The van der Waals surface area contributed by atoms with E-state index >= 15 is 0 Å². The summed E-state index contributed by atoms with van der Waals surface area (Å²) < 4.78 is 0. The van der Waals surface area contributed by atoms with Crippen LogP contribution in [0.15, 0.2) is 0 Å². The standard InChI is InChI=1S/C12H21NO6S/c1-3-4-6-20-7-5-8(9(14)15)13-10(16)12(2,19)11(17)18/h8,19H,3-7H2,1-2H3,(H,13,16)(H,14,15)(H,17,18). The van der Waals surface area contributed by atoms with Gasteiger partial charge in [0.2, 0.25) is 5.60 Å². The van der Waals surface area contributed by atoms with Crippen molar-refractivity contribution in [3.63, 3.8) is 0 Å². The maximum absolute atomic E-state index is 11.5. The van der Waals surface area contributed by atoms with Gasteiger partial charge in [0, 0.05) is 0 Å². The van der Waals surface area contributed by atoms with Crippen LogP contribution in [0.25, 0.3) is 0 Å². The number of hydrogen-bond donors (Lipinski definition) is 4. The first kappa shape index (κ1) is 18.7. The van der Waals surface area contributed by atoms with Gasteiger partial charge in [-0.05, 0) is 31.3 Å². The molecule has 2 unspecified atom stereocenters. The molecule has 0 aromatic rings. The van der Waals surface area contributed by atoms with Crippen LogP contribution in [0.5, 0.6) is 0 Å². The van der Waals surface area contributed by atoms with E-state index in [1.54, 1.807) is 11.8 Å². The second kappa shape index (κ2) is 8.80. The quantitative estimate of drug-likeness (QED) is 0.338. The maximum atomic E-state index is 11.5. The third kappa shape index (κ3) is 6.25. The Hall–Kier alpha value is -1.28. The highest BCUT2D eigenvalue weighted by Crippen LogP contribution is 2.10. The van der Waals surface area contributed by atoms with Crippen molar-refractivity contribution in [1.82, 2.24) is 5.32 Å². The fraction of sp³-hybridized carbons (Fsp3) is 0.750. The maximum Gasteiger partial charge on any atom is 0.345 e. The number of unbranched alkanes of at least 4 members (excludes halogenated alkanes) is 1. The smallest absolute Gasteiger partial charge is 0.345 e. The zero-order chi connectivity index (χ0) is 15.8. The Labute approximate surface area is 121 Å². The van der Waals surface area contributed by atoms with Crippen LogP contribution in [-0.4, -0.2) is 56.3 Å². The molecular weight excluding hydrogens is 286 g/mol. The van der Waals surface area contributed by atoms with Crippen molar-refractivity contribution in [3.05, 3.63) is 0 Å². The van der Waals surface area contributed by atoms with E-state index in [2.05, 4.69) is 6.92 Å². The fourth-order valence-electron chi connectivity index (χ4n) is 1.20. The molecule has 0 spiro atoms. The molecule has 7 nitrogen and oxygen atoms in total. The first-order valence-electron chi connectivity index (χ1n) is 6.30. The number of hydrogen-bond acceptors (Lipinski definition) is 5. The molecule has 0 radical (unpaired) electrons. The minimum Gasteiger partial charge on any atom is -0.480 e. The van der Waals surface area contributed by atoms with Crippen LogP contribution in [0.3, 0.4) is 0 Å². The first-order chi connectivity index (χ1) is 9.23. The lowest BCUT2D eigenvalue weighted by atomic mass is 10.1. The number of thioether (sulfide) groups is 1. The zero-order valence-electron chi connectivity index (χ0n) is 11.6. The summed E-state index contributed by atoms with van der Waals surface area (Å²) in [7, 11) is 0.